The van der Waals surface area contributed by atoms with Gasteiger partial charge < -0.3 is 10.1 Å². The zero-order valence-electron chi connectivity index (χ0n) is 18.9. The number of hydrogen-bond acceptors (Lipinski definition) is 5. The second-order valence-electron chi connectivity index (χ2n) is 8.30. The molecule has 1 saturated heterocycles. The summed E-state index contributed by atoms with van der Waals surface area (Å²) in [5, 5.41) is 12.1. The Bertz CT molecular complexity index is 1200. The van der Waals surface area contributed by atoms with Crippen molar-refractivity contribution in [3.8, 4) is 11.9 Å². The Labute approximate surface area is 201 Å². The van der Waals surface area contributed by atoms with Gasteiger partial charge in [-0.15, -0.1) is 0 Å². The molecular weight excluding hydrogens is 457 g/mol. The number of aromatic nitrogens is 1. The number of alkyl halides is 3. The molecule has 35 heavy (non-hydrogen) atoms. The number of nitrogens with one attached hydrogen (secondary N) is 1. The average Bonchev–Trinajstić information content (AvgIpc) is 3.32. The van der Waals surface area contributed by atoms with Crippen LogP contribution in [0.25, 0.3) is 0 Å². The second-order valence-corrected chi connectivity index (χ2v) is 8.30. The predicted octanol–water partition coefficient (Wildman–Crippen LogP) is 4.57. The van der Waals surface area contributed by atoms with Crippen molar-refractivity contribution in [2.75, 3.05) is 20.2 Å². The zero-order valence-corrected chi connectivity index (χ0v) is 18.9. The molecule has 2 aromatic carbocycles. The van der Waals surface area contributed by atoms with Gasteiger partial charge in [0.15, 0.2) is 0 Å². The third-order valence-electron chi connectivity index (χ3n) is 6.03. The summed E-state index contributed by atoms with van der Waals surface area (Å²) in [4.78, 5) is 19.2. The highest BCUT2D eigenvalue weighted by Gasteiger charge is 2.32. The quantitative estimate of drug-likeness (QED) is 0.559. The van der Waals surface area contributed by atoms with E-state index in [4.69, 9.17) is 10.00 Å². The molecule has 180 valence electrons. The van der Waals surface area contributed by atoms with E-state index in [0.717, 1.165) is 23.3 Å². The smallest absolute Gasteiger partial charge is 0.416 e. The number of methoxy groups -OCH3 is 1. The minimum Gasteiger partial charge on any atom is -0.481 e. The Morgan fingerprint density at radius 2 is 1.80 bits per heavy atom. The van der Waals surface area contributed by atoms with Crippen LogP contribution in [0.3, 0.4) is 0 Å². The fraction of sp³-hybridized carbons (Fsp3) is 0.269. The Morgan fingerprint density at radius 3 is 2.37 bits per heavy atom. The van der Waals surface area contributed by atoms with E-state index in [2.05, 4.69) is 21.3 Å². The largest absolute Gasteiger partial charge is 0.481 e. The molecule has 0 saturated carbocycles. The molecule has 0 aliphatic carbocycles. The summed E-state index contributed by atoms with van der Waals surface area (Å²) in [5.74, 6) is 0.0852. The molecule has 1 aliphatic heterocycles. The van der Waals surface area contributed by atoms with Gasteiger partial charge in [0, 0.05) is 37.0 Å². The van der Waals surface area contributed by atoms with Crippen molar-refractivity contribution in [3.05, 3.63) is 94.7 Å². The molecule has 6 nitrogen and oxygen atoms in total. The number of amides is 1. The lowest BCUT2D eigenvalue weighted by molar-refractivity contribution is -0.137. The molecule has 3 aromatic rings. The van der Waals surface area contributed by atoms with Crippen LogP contribution >= 0.6 is 0 Å². The first-order chi connectivity index (χ1) is 16.8. The maximum absolute atomic E-state index is 12.8. The van der Waals surface area contributed by atoms with Crippen molar-refractivity contribution in [1.82, 2.24) is 15.2 Å². The van der Waals surface area contributed by atoms with Gasteiger partial charge in [0.2, 0.25) is 5.88 Å². The third kappa shape index (κ3) is 5.61. The maximum atomic E-state index is 12.8. The third-order valence-corrected chi connectivity index (χ3v) is 6.03. The van der Waals surface area contributed by atoms with Gasteiger partial charge in [-0.25, -0.2) is 4.98 Å². The lowest BCUT2D eigenvalue weighted by Gasteiger charge is -2.29. The van der Waals surface area contributed by atoms with E-state index in [-0.39, 0.29) is 17.6 Å². The second kappa shape index (κ2) is 10.2. The lowest BCUT2D eigenvalue weighted by Crippen LogP contribution is -2.38. The van der Waals surface area contributed by atoms with Crippen LogP contribution in [0.1, 0.15) is 45.1 Å². The van der Waals surface area contributed by atoms with Crippen LogP contribution in [0.5, 0.6) is 5.88 Å². The first-order valence-corrected chi connectivity index (χ1v) is 11.0. The molecular formula is C26H23F3N4O2. The number of ether oxygens (including phenoxy) is 1. The van der Waals surface area contributed by atoms with Gasteiger partial charge in [-0.2, -0.15) is 18.4 Å². The van der Waals surface area contributed by atoms with E-state index in [1.807, 2.05) is 18.2 Å². The van der Waals surface area contributed by atoms with Crippen LogP contribution in [-0.2, 0) is 6.18 Å². The van der Waals surface area contributed by atoms with Gasteiger partial charge >= 0.3 is 6.18 Å². The van der Waals surface area contributed by atoms with E-state index in [1.54, 1.807) is 31.5 Å². The maximum Gasteiger partial charge on any atom is 0.416 e. The number of halogens is 3. The molecule has 1 aromatic heterocycles. The summed E-state index contributed by atoms with van der Waals surface area (Å²) >= 11 is 0. The highest BCUT2D eigenvalue weighted by molar-refractivity contribution is 5.94. The topological polar surface area (TPSA) is 78.2 Å². The molecule has 0 bridgehead atoms. The molecule has 2 atom stereocenters. The van der Waals surface area contributed by atoms with Crippen LogP contribution in [0.15, 0.2) is 66.9 Å². The summed E-state index contributed by atoms with van der Waals surface area (Å²) in [7, 11) is 1.55. The molecule has 0 radical (unpaired) electrons. The first kappa shape index (κ1) is 24.2. The number of nitrogens with zero attached hydrogens (tertiary/aromatic N) is 3. The van der Waals surface area contributed by atoms with Crippen molar-refractivity contribution in [2.45, 2.75) is 24.7 Å². The number of rotatable bonds is 6. The Balaban J connectivity index is 1.50. The highest BCUT2D eigenvalue weighted by atomic mass is 19.4. The minimum absolute atomic E-state index is 0.158. The van der Waals surface area contributed by atoms with Crippen molar-refractivity contribution in [2.24, 2.45) is 0 Å². The van der Waals surface area contributed by atoms with Crippen molar-refractivity contribution in [1.29, 1.82) is 5.26 Å². The highest BCUT2D eigenvalue weighted by Crippen LogP contribution is 2.32. The van der Waals surface area contributed by atoms with Gasteiger partial charge in [0.05, 0.1) is 30.3 Å². The lowest BCUT2D eigenvalue weighted by atomic mass is 9.97. The number of hydrogen-bond donors (Lipinski definition) is 1. The standard InChI is InChI=1S/C26H23F3N4O2/c1-35-23-11-8-20(15-31-23)24(18-4-2-17(14-30)3-5-18)33-13-12-22(16-33)32-25(34)19-6-9-21(10-7-19)26(27,28)29/h2-11,15,22,24H,12-13,16H2,1H3,(H,32,34)/t22-,24?/m1/s1. The SMILES string of the molecule is COc1ccc(C(c2ccc(C#N)cc2)N2CC[C@@H](NC(=O)c3ccc(C(F)(F)F)cc3)C2)cn1. The fourth-order valence-corrected chi connectivity index (χ4v) is 4.25. The number of pyridine rings is 1. The summed E-state index contributed by atoms with van der Waals surface area (Å²) in [5.41, 5.74) is 1.86. The molecule has 1 fully saturated rings. The van der Waals surface area contributed by atoms with E-state index in [9.17, 15) is 18.0 Å². The molecule has 1 aliphatic rings. The van der Waals surface area contributed by atoms with Gasteiger partial charge in [-0.05, 0) is 53.9 Å². The van der Waals surface area contributed by atoms with Crippen LogP contribution in [0, 0.1) is 11.3 Å². The predicted molar refractivity (Wildman–Crippen MR) is 123 cm³/mol. The number of likely N-dealkylation sites (tertiary alicyclic amines) is 1. The molecule has 0 spiro atoms. The van der Waals surface area contributed by atoms with Crippen LogP contribution < -0.4 is 10.1 Å². The molecule has 1 N–H and O–H groups in total. The zero-order chi connectivity index (χ0) is 25.0. The molecule has 2 heterocycles. The Kier molecular flexibility index (Phi) is 7.03. The van der Waals surface area contributed by atoms with Gasteiger partial charge in [-0.3, -0.25) is 9.69 Å². The number of benzene rings is 2. The summed E-state index contributed by atoms with van der Waals surface area (Å²) in [6.07, 6.45) is -2.02. The first-order valence-electron chi connectivity index (χ1n) is 11.0. The van der Waals surface area contributed by atoms with Crippen molar-refractivity contribution < 1.29 is 22.7 Å². The Hall–Kier alpha value is -3.90. The molecule has 9 heteroatoms. The molecule has 1 unspecified atom stereocenters. The minimum atomic E-state index is -4.45. The van der Waals surface area contributed by atoms with E-state index < -0.39 is 17.6 Å². The van der Waals surface area contributed by atoms with E-state index >= 15 is 0 Å². The van der Waals surface area contributed by atoms with Crippen molar-refractivity contribution >= 4 is 5.91 Å². The normalized spacial score (nSPS) is 16.9. The van der Waals surface area contributed by atoms with Crippen LogP contribution in [0.4, 0.5) is 13.2 Å². The van der Waals surface area contributed by atoms with Crippen molar-refractivity contribution in [3.63, 3.8) is 0 Å². The summed E-state index contributed by atoms with van der Waals surface area (Å²) in [6.45, 7) is 1.23. The number of carbonyl (C=O) groups excluding carboxylic acids is 1. The fourth-order valence-electron chi connectivity index (χ4n) is 4.25. The van der Waals surface area contributed by atoms with E-state index in [1.165, 1.54) is 12.1 Å². The number of carbonyl (C=O) groups is 1. The molecule has 1 amide bonds. The average molecular weight is 480 g/mol. The van der Waals surface area contributed by atoms with E-state index in [0.29, 0.717) is 31.0 Å². The monoisotopic (exact) mass is 480 g/mol. The van der Waals surface area contributed by atoms with Gasteiger partial charge in [-0.1, -0.05) is 18.2 Å². The van der Waals surface area contributed by atoms with Crippen LogP contribution in [0.2, 0.25) is 0 Å². The summed E-state index contributed by atoms with van der Waals surface area (Å²) < 4.78 is 43.6. The van der Waals surface area contributed by atoms with Gasteiger partial charge in [0.25, 0.3) is 5.91 Å². The van der Waals surface area contributed by atoms with Gasteiger partial charge in [0.1, 0.15) is 0 Å². The Morgan fingerprint density at radius 1 is 1.11 bits per heavy atom. The molecule has 4 rings (SSSR count). The summed E-state index contributed by atoms with van der Waals surface area (Å²) in [6, 6.07) is 17.0. The van der Waals surface area contributed by atoms with Crippen LogP contribution in [-0.4, -0.2) is 42.0 Å². The number of nitriles is 1.